The first kappa shape index (κ1) is 33.7. The van der Waals surface area contributed by atoms with Gasteiger partial charge in [-0.1, -0.05) is 87.1 Å². The fraction of sp³-hybridized carbons (Fsp3) is 0.459. The van der Waals surface area contributed by atoms with E-state index in [2.05, 4.69) is 79.1 Å². The molecular weight excluding hydrogens is 595 g/mol. The van der Waals surface area contributed by atoms with E-state index in [4.69, 9.17) is 14.7 Å². The van der Waals surface area contributed by atoms with Crippen LogP contribution in [0.15, 0.2) is 71.9 Å². The van der Waals surface area contributed by atoms with Crippen molar-refractivity contribution in [1.82, 2.24) is 19.8 Å². The highest BCUT2D eigenvalue weighted by atomic mass is 32.2. The number of anilines is 1. The van der Waals surface area contributed by atoms with E-state index in [1.807, 2.05) is 36.1 Å². The molecule has 0 saturated carbocycles. The third-order valence-corrected chi connectivity index (χ3v) is 9.49. The van der Waals surface area contributed by atoms with Crippen LogP contribution in [0.2, 0.25) is 0 Å². The van der Waals surface area contributed by atoms with E-state index in [0.29, 0.717) is 43.9 Å². The molecule has 0 aliphatic carbocycles. The summed E-state index contributed by atoms with van der Waals surface area (Å²) < 4.78 is 5.18. The Morgan fingerprint density at radius 2 is 1.67 bits per heavy atom. The number of hydrogen-bond acceptors (Lipinski definition) is 8. The number of piperidine rings is 1. The topological polar surface area (TPSA) is 78.9 Å². The monoisotopic (exact) mass is 641 g/mol. The van der Waals surface area contributed by atoms with Crippen LogP contribution in [0.5, 0.6) is 0 Å². The lowest BCUT2D eigenvalue weighted by Gasteiger charge is -2.35. The van der Waals surface area contributed by atoms with Crippen molar-refractivity contribution < 1.29 is 14.3 Å². The summed E-state index contributed by atoms with van der Waals surface area (Å²) in [5, 5.41) is 0.758. The van der Waals surface area contributed by atoms with E-state index >= 15 is 0 Å². The highest BCUT2D eigenvalue weighted by molar-refractivity contribution is 7.98. The Kier molecular flexibility index (Phi) is 11.5. The lowest BCUT2D eigenvalue weighted by Crippen LogP contribution is -2.46. The van der Waals surface area contributed by atoms with Crippen LogP contribution in [-0.4, -0.2) is 84.1 Å². The molecule has 46 heavy (non-hydrogen) atoms. The molecule has 9 heteroatoms. The van der Waals surface area contributed by atoms with Crippen LogP contribution >= 0.6 is 11.8 Å². The van der Waals surface area contributed by atoms with Gasteiger partial charge in [-0.2, -0.15) is 0 Å². The maximum atomic E-state index is 13.3. The van der Waals surface area contributed by atoms with Gasteiger partial charge in [-0.05, 0) is 43.0 Å². The number of thioether (sulfide) groups is 1. The fourth-order valence-electron chi connectivity index (χ4n) is 5.79. The predicted octanol–water partition coefficient (Wildman–Crippen LogP) is 6.32. The maximum Gasteiger partial charge on any atom is 0.309 e. The van der Waals surface area contributed by atoms with Gasteiger partial charge in [-0.15, -0.1) is 0 Å². The zero-order valence-electron chi connectivity index (χ0n) is 27.7. The molecule has 0 N–H and O–H groups in total. The van der Waals surface area contributed by atoms with Crippen LogP contribution in [0.4, 0.5) is 5.82 Å². The Bertz CT molecular complexity index is 1490. The van der Waals surface area contributed by atoms with Crippen molar-refractivity contribution in [3.8, 4) is 0 Å². The quantitative estimate of drug-likeness (QED) is 0.145. The largest absolute Gasteiger partial charge is 0.466 e. The van der Waals surface area contributed by atoms with Gasteiger partial charge in [0.1, 0.15) is 5.82 Å². The van der Waals surface area contributed by atoms with Gasteiger partial charge in [0.15, 0.2) is 5.16 Å². The number of nitrogens with zero attached hydrogens (tertiary/aromatic N) is 5. The van der Waals surface area contributed by atoms with Crippen LogP contribution in [0.25, 0.3) is 6.08 Å². The summed E-state index contributed by atoms with van der Waals surface area (Å²) in [6, 6.07) is 20.4. The molecule has 2 aromatic carbocycles. The van der Waals surface area contributed by atoms with E-state index in [1.54, 1.807) is 11.8 Å². The standard InChI is InChI=1S/C37H47N5O3S/c1-5-45-35(44)30-16-19-42(20-17-30)34(43)31-15-9-13-29(25-31)27-46-36-38-32(37(2,3)4)26-33(39-36)41-23-21-40(22-24-41)18-10-14-28-11-7-6-8-12-28/h6-15,25-26,30H,5,16-24,27H2,1-4H3/b14-10+. The summed E-state index contributed by atoms with van der Waals surface area (Å²) in [5.74, 6) is 1.39. The Hall–Kier alpha value is -3.69. The van der Waals surface area contributed by atoms with Gasteiger partial charge in [-0.25, -0.2) is 9.97 Å². The Labute approximate surface area is 278 Å². The molecule has 0 atom stereocenters. The van der Waals surface area contributed by atoms with Crippen molar-refractivity contribution >= 4 is 35.5 Å². The second-order valence-corrected chi connectivity index (χ2v) is 14.0. The molecule has 244 valence electrons. The molecule has 2 saturated heterocycles. The zero-order chi connectivity index (χ0) is 32.5. The van der Waals surface area contributed by atoms with Gasteiger partial charge >= 0.3 is 5.97 Å². The molecule has 2 fully saturated rings. The molecule has 0 bridgehead atoms. The van der Waals surface area contributed by atoms with Crippen molar-refractivity contribution in [2.45, 2.75) is 56.9 Å². The van der Waals surface area contributed by atoms with Crippen molar-refractivity contribution in [3.05, 3.63) is 89.1 Å². The number of likely N-dealkylation sites (tertiary alicyclic amines) is 1. The number of aromatic nitrogens is 2. The second-order valence-electron chi connectivity index (χ2n) is 13.1. The third kappa shape index (κ3) is 9.19. The summed E-state index contributed by atoms with van der Waals surface area (Å²) >= 11 is 1.61. The lowest BCUT2D eigenvalue weighted by molar-refractivity contribution is -0.149. The smallest absolute Gasteiger partial charge is 0.309 e. The molecule has 0 spiro atoms. The van der Waals surface area contributed by atoms with E-state index in [-0.39, 0.29) is 23.2 Å². The summed E-state index contributed by atoms with van der Waals surface area (Å²) in [4.78, 5) is 42.1. The average Bonchev–Trinajstić information content (AvgIpc) is 3.07. The van der Waals surface area contributed by atoms with Gasteiger partial charge in [0, 0.05) is 68.6 Å². The van der Waals surface area contributed by atoms with Gasteiger partial charge in [0.05, 0.1) is 18.2 Å². The van der Waals surface area contributed by atoms with Crippen LogP contribution in [0, 0.1) is 5.92 Å². The number of rotatable bonds is 10. The number of amides is 1. The van der Waals surface area contributed by atoms with Gasteiger partial charge in [-0.3, -0.25) is 14.5 Å². The summed E-state index contributed by atoms with van der Waals surface area (Å²) in [6.45, 7) is 14.7. The lowest BCUT2D eigenvalue weighted by atomic mass is 9.92. The fourth-order valence-corrected chi connectivity index (χ4v) is 6.58. The van der Waals surface area contributed by atoms with Crippen LogP contribution in [0.3, 0.4) is 0 Å². The molecule has 2 aliphatic heterocycles. The highest BCUT2D eigenvalue weighted by Crippen LogP contribution is 2.29. The first-order valence-electron chi connectivity index (χ1n) is 16.5. The Morgan fingerprint density at radius 1 is 0.935 bits per heavy atom. The minimum atomic E-state index is -0.149. The van der Waals surface area contributed by atoms with Gasteiger partial charge in [0.25, 0.3) is 5.91 Å². The van der Waals surface area contributed by atoms with E-state index in [9.17, 15) is 9.59 Å². The summed E-state index contributed by atoms with van der Waals surface area (Å²) in [7, 11) is 0. The normalized spacial score (nSPS) is 16.6. The molecular formula is C37H47N5O3S. The van der Waals surface area contributed by atoms with Gasteiger partial charge < -0.3 is 14.5 Å². The van der Waals surface area contributed by atoms with E-state index in [0.717, 1.165) is 55.0 Å². The minimum absolute atomic E-state index is 0.0112. The minimum Gasteiger partial charge on any atom is -0.466 e. The first-order valence-corrected chi connectivity index (χ1v) is 17.4. The van der Waals surface area contributed by atoms with Gasteiger partial charge in [0.2, 0.25) is 0 Å². The number of ether oxygens (including phenoxy) is 1. The number of hydrogen-bond donors (Lipinski definition) is 0. The number of benzene rings is 2. The second kappa shape index (κ2) is 15.7. The van der Waals surface area contributed by atoms with Crippen LogP contribution < -0.4 is 4.90 Å². The Morgan fingerprint density at radius 3 is 2.37 bits per heavy atom. The highest BCUT2D eigenvalue weighted by Gasteiger charge is 2.29. The van der Waals surface area contributed by atoms with Crippen LogP contribution in [0.1, 0.15) is 67.7 Å². The van der Waals surface area contributed by atoms with Crippen molar-refractivity contribution in [3.63, 3.8) is 0 Å². The molecule has 5 rings (SSSR count). The maximum absolute atomic E-state index is 13.3. The Balaban J connectivity index is 1.19. The van der Waals surface area contributed by atoms with E-state index < -0.39 is 0 Å². The average molecular weight is 642 g/mol. The summed E-state index contributed by atoms with van der Waals surface area (Å²) in [6.07, 6.45) is 5.73. The molecule has 0 radical (unpaired) electrons. The predicted molar refractivity (Wildman–Crippen MR) is 186 cm³/mol. The van der Waals surface area contributed by atoms with Crippen molar-refractivity contribution in [2.24, 2.45) is 5.92 Å². The van der Waals surface area contributed by atoms with E-state index in [1.165, 1.54) is 5.56 Å². The number of piperazine rings is 1. The molecule has 0 unspecified atom stereocenters. The number of carbonyl (C=O) groups is 2. The molecule has 1 amide bonds. The molecule has 8 nitrogen and oxygen atoms in total. The summed E-state index contributed by atoms with van der Waals surface area (Å²) in [5.41, 5.74) is 3.88. The number of carbonyl (C=O) groups excluding carboxylic acids is 2. The molecule has 3 aromatic rings. The molecule has 3 heterocycles. The number of esters is 1. The van der Waals surface area contributed by atoms with Crippen molar-refractivity contribution in [1.29, 1.82) is 0 Å². The van der Waals surface area contributed by atoms with Crippen molar-refractivity contribution in [2.75, 3.05) is 57.3 Å². The molecule has 1 aromatic heterocycles. The van der Waals surface area contributed by atoms with Crippen LogP contribution in [-0.2, 0) is 20.7 Å². The SMILES string of the molecule is CCOC(=O)C1CCN(C(=O)c2cccc(CSc3nc(N4CCN(C/C=C/c5ccccc5)CC4)cc(C(C)(C)C)n3)c2)CC1. The third-order valence-electron chi connectivity index (χ3n) is 8.57. The zero-order valence-corrected chi connectivity index (χ0v) is 28.5. The molecule has 2 aliphatic rings. The first-order chi connectivity index (χ1) is 22.2.